The van der Waals surface area contributed by atoms with E-state index >= 15 is 0 Å². The first-order valence-electron chi connectivity index (χ1n) is 6.60. The Morgan fingerprint density at radius 1 is 1.40 bits per heavy atom. The van der Waals surface area contributed by atoms with Crippen LogP contribution in [0.2, 0.25) is 0 Å². The lowest BCUT2D eigenvalue weighted by Gasteiger charge is -2.05. The number of carbonyl (C=O) groups excluding carboxylic acids is 1. The zero-order chi connectivity index (χ0) is 14.5. The Morgan fingerprint density at radius 3 is 2.95 bits per heavy atom. The first-order chi connectivity index (χ1) is 9.60. The van der Waals surface area contributed by atoms with Gasteiger partial charge < -0.3 is 10.3 Å². The fourth-order valence-electron chi connectivity index (χ4n) is 2.05. The van der Waals surface area contributed by atoms with Gasteiger partial charge in [-0.05, 0) is 36.4 Å². The van der Waals surface area contributed by atoms with Crippen molar-refractivity contribution in [2.24, 2.45) is 0 Å². The molecule has 1 amide bonds. The molecule has 0 bridgehead atoms. The Bertz CT molecular complexity index is 701. The van der Waals surface area contributed by atoms with Gasteiger partial charge in [0.15, 0.2) is 0 Å². The molecule has 2 N–H and O–H groups in total. The summed E-state index contributed by atoms with van der Waals surface area (Å²) in [5.74, 6) is 0.00222. The molecular formula is C16H18N2O2. The molecule has 2 aromatic rings. The second-order valence-corrected chi connectivity index (χ2v) is 4.80. The molecule has 0 saturated heterocycles. The predicted molar refractivity (Wildman–Crippen MR) is 80.8 cm³/mol. The summed E-state index contributed by atoms with van der Waals surface area (Å²) >= 11 is 0. The summed E-state index contributed by atoms with van der Waals surface area (Å²) in [5.41, 5.74) is 2.47. The standard InChI is InChI=1S/C16H18N2O2/c1-3-8-17-15(19)7-5-12-4-6-13-9-11(2)16(20)18-14(13)10-12/h3-4,6,9-10H,1,5,7-8H2,2H3,(H,17,19)(H,18,20). The number of hydrogen-bond donors (Lipinski definition) is 2. The van der Waals surface area contributed by atoms with Crippen LogP contribution in [0.3, 0.4) is 0 Å². The Kier molecular flexibility index (Phi) is 4.35. The molecule has 4 nitrogen and oxygen atoms in total. The highest BCUT2D eigenvalue weighted by molar-refractivity contribution is 5.80. The quantitative estimate of drug-likeness (QED) is 0.817. The average molecular weight is 270 g/mol. The normalized spacial score (nSPS) is 10.4. The second kappa shape index (κ2) is 6.19. The molecular weight excluding hydrogens is 252 g/mol. The predicted octanol–water partition coefficient (Wildman–Crippen LogP) is 2.07. The van der Waals surface area contributed by atoms with Crippen LogP contribution in [-0.2, 0) is 11.2 Å². The van der Waals surface area contributed by atoms with E-state index in [-0.39, 0.29) is 11.5 Å². The minimum absolute atomic E-state index is 0.00222. The van der Waals surface area contributed by atoms with Crippen LogP contribution in [-0.4, -0.2) is 17.4 Å². The number of benzene rings is 1. The Hall–Kier alpha value is -2.36. The third-order valence-corrected chi connectivity index (χ3v) is 3.18. The van der Waals surface area contributed by atoms with Crippen molar-refractivity contribution in [2.45, 2.75) is 19.8 Å². The van der Waals surface area contributed by atoms with Crippen molar-refractivity contribution >= 4 is 16.8 Å². The van der Waals surface area contributed by atoms with E-state index in [9.17, 15) is 9.59 Å². The van der Waals surface area contributed by atoms with E-state index in [0.717, 1.165) is 16.5 Å². The van der Waals surface area contributed by atoms with Crippen LogP contribution in [0.1, 0.15) is 17.5 Å². The van der Waals surface area contributed by atoms with Crippen molar-refractivity contribution in [1.29, 1.82) is 0 Å². The van der Waals surface area contributed by atoms with Gasteiger partial charge in [-0.15, -0.1) is 6.58 Å². The van der Waals surface area contributed by atoms with Crippen molar-refractivity contribution < 1.29 is 4.79 Å². The number of nitrogens with one attached hydrogen (secondary N) is 2. The van der Waals surface area contributed by atoms with E-state index < -0.39 is 0 Å². The fourth-order valence-corrected chi connectivity index (χ4v) is 2.05. The molecule has 1 heterocycles. The van der Waals surface area contributed by atoms with Crippen molar-refractivity contribution in [3.8, 4) is 0 Å². The molecule has 0 aliphatic rings. The van der Waals surface area contributed by atoms with E-state index in [1.165, 1.54) is 0 Å². The lowest BCUT2D eigenvalue weighted by molar-refractivity contribution is -0.120. The molecule has 1 aromatic carbocycles. The van der Waals surface area contributed by atoms with E-state index in [0.29, 0.717) is 24.9 Å². The lowest BCUT2D eigenvalue weighted by Crippen LogP contribution is -2.23. The lowest BCUT2D eigenvalue weighted by atomic mass is 10.1. The van der Waals surface area contributed by atoms with Crippen molar-refractivity contribution in [2.75, 3.05) is 6.54 Å². The topological polar surface area (TPSA) is 62.0 Å². The van der Waals surface area contributed by atoms with Crippen molar-refractivity contribution in [3.05, 3.63) is 58.4 Å². The zero-order valence-corrected chi connectivity index (χ0v) is 11.5. The van der Waals surface area contributed by atoms with Crippen LogP contribution in [0, 0.1) is 6.92 Å². The van der Waals surface area contributed by atoms with Crippen LogP contribution in [0.4, 0.5) is 0 Å². The monoisotopic (exact) mass is 270 g/mol. The molecule has 0 fully saturated rings. The number of H-pyrrole nitrogens is 1. The van der Waals surface area contributed by atoms with Gasteiger partial charge in [0.05, 0.1) is 0 Å². The van der Waals surface area contributed by atoms with Gasteiger partial charge in [0.25, 0.3) is 5.56 Å². The summed E-state index contributed by atoms with van der Waals surface area (Å²) < 4.78 is 0. The minimum atomic E-state index is -0.0709. The molecule has 0 radical (unpaired) electrons. The number of hydrogen-bond acceptors (Lipinski definition) is 2. The molecule has 2 rings (SSSR count). The largest absolute Gasteiger partial charge is 0.353 e. The van der Waals surface area contributed by atoms with Crippen LogP contribution < -0.4 is 10.9 Å². The molecule has 1 aromatic heterocycles. The highest BCUT2D eigenvalue weighted by atomic mass is 16.1. The first-order valence-corrected chi connectivity index (χ1v) is 6.60. The van der Waals surface area contributed by atoms with Gasteiger partial charge in [-0.3, -0.25) is 9.59 Å². The van der Waals surface area contributed by atoms with Gasteiger partial charge in [-0.25, -0.2) is 0 Å². The number of aromatic nitrogens is 1. The van der Waals surface area contributed by atoms with Gasteiger partial charge >= 0.3 is 0 Å². The number of aryl methyl sites for hydroxylation is 2. The smallest absolute Gasteiger partial charge is 0.251 e. The Labute approximate surface area is 117 Å². The number of pyridine rings is 1. The van der Waals surface area contributed by atoms with Crippen molar-refractivity contribution in [3.63, 3.8) is 0 Å². The van der Waals surface area contributed by atoms with E-state index in [4.69, 9.17) is 0 Å². The average Bonchev–Trinajstić information content (AvgIpc) is 2.44. The Morgan fingerprint density at radius 2 is 2.20 bits per heavy atom. The minimum Gasteiger partial charge on any atom is -0.353 e. The molecule has 104 valence electrons. The summed E-state index contributed by atoms with van der Waals surface area (Å²) in [6.45, 7) is 5.83. The highest BCUT2D eigenvalue weighted by Gasteiger charge is 2.03. The van der Waals surface area contributed by atoms with E-state index in [1.54, 1.807) is 13.0 Å². The summed E-state index contributed by atoms with van der Waals surface area (Å²) in [5, 5.41) is 3.74. The van der Waals surface area contributed by atoms with Gasteiger partial charge in [-0.1, -0.05) is 18.2 Å². The highest BCUT2D eigenvalue weighted by Crippen LogP contribution is 2.14. The van der Waals surface area contributed by atoms with Gasteiger partial charge in [0, 0.05) is 24.0 Å². The van der Waals surface area contributed by atoms with E-state index in [1.807, 2.05) is 24.3 Å². The summed E-state index contributed by atoms with van der Waals surface area (Å²) in [4.78, 5) is 26.0. The summed E-state index contributed by atoms with van der Waals surface area (Å²) in [7, 11) is 0. The maximum Gasteiger partial charge on any atom is 0.251 e. The first kappa shape index (κ1) is 14.1. The van der Waals surface area contributed by atoms with Gasteiger partial charge in [0.1, 0.15) is 0 Å². The van der Waals surface area contributed by atoms with Gasteiger partial charge in [-0.2, -0.15) is 0 Å². The molecule has 0 saturated carbocycles. The fraction of sp³-hybridized carbons (Fsp3) is 0.250. The maximum absolute atomic E-state index is 11.6. The van der Waals surface area contributed by atoms with Crippen LogP contribution in [0.5, 0.6) is 0 Å². The van der Waals surface area contributed by atoms with Crippen LogP contribution in [0.15, 0.2) is 41.7 Å². The second-order valence-electron chi connectivity index (χ2n) is 4.80. The van der Waals surface area contributed by atoms with Crippen LogP contribution in [0.25, 0.3) is 10.9 Å². The number of aromatic amines is 1. The number of amides is 1. The maximum atomic E-state index is 11.6. The van der Waals surface area contributed by atoms with Gasteiger partial charge in [0.2, 0.25) is 5.91 Å². The molecule has 20 heavy (non-hydrogen) atoms. The summed E-state index contributed by atoms with van der Waals surface area (Å²) in [6.07, 6.45) is 2.73. The van der Waals surface area contributed by atoms with E-state index in [2.05, 4.69) is 16.9 Å². The molecule has 4 heteroatoms. The third-order valence-electron chi connectivity index (χ3n) is 3.18. The number of rotatable bonds is 5. The zero-order valence-electron chi connectivity index (χ0n) is 11.5. The molecule has 0 atom stereocenters. The number of fused-ring (bicyclic) bond motifs is 1. The Balaban J connectivity index is 2.12. The van der Waals surface area contributed by atoms with Crippen LogP contribution >= 0.6 is 0 Å². The number of carbonyl (C=O) groups is 1. The SMILES string of the molecule is C=CCNC(=O)CCc1ccc2cc(C)c(=O)[nH]c2c1. The molecule has 0 spiro atoms. The molecule has 0 aliphatic carbocycles. The van der Waals surface area contributed by atoms with Crippen molar-refractivity contribution in [1.82, 2.24) is 10.3 Å². The molecule has 0 aliphatic heterocycles. The molecule has 0 unspecified atom stereocenters. The summed E-state index contributed by atoms with van der Waals surface area (Å²) in [6, 6.07) is 7.75. The third kappa shape index (κ3) is 3.35.